The molecule has 0 radical (unpaired) electrons. The van der Waals surface area contributed by atoms with Gasteiger partial charge in [-0.05, 0) is 84.5 Å². The van der Waals surface area contributed by atoms with Gasteiger partial charge in [-0.1, -0.05) is 29.8 Å². The lowest BCUT2D eigenvalue weighted by Crippen LogP contribution is -2.31. The molecule has 4 heterocycles. The molecule has 1 saturated carbocycles. The van der Waals surface area contributed by atoms with Gasteiger partial charge in [0.1, 0.15) is 11.3 Å². The normalized spacial score (nSPS) is 20.1. The summed E-state index contributed by atoms with van der Waals surface area (Å²) in [6, 6.07) is 5.95. The summed E-state index contributed by atoms with van der Waals surface area (Å²) in [5.74, 6) is 0.327. The Bertz CT molecular complexity index is 1740. The second kappa shape index (κ2) is 12.5. The van der Waals surface area contributed by atoms with Crippen LogP contribution in [0.2, 0.25) is 5.02 Å². The first-order chi connectivity index (χ1) is 21.9. The van der Waals surface area contributed by atoms with Gasteiger partial charge in [0, 0.05) is 59.1 Å². The van der Waals surface area contributed by atoms with Crippen LogP contribution in [0.5, 0.6) is 6.01 Å². The average molecular weight is 633 g/mol. The molecule has 2 aromatic carbocycles. The van der Waals surface area contributed by atoms with Gasteiger partial charge in [-0.3, -0.25) is 0 Å². The van der Waals surface area contributed by atoms with Gasteiger partial charge in [0.05, 0.1) is 23.3 Å². The van der Waals surface area contributed by atoms with E-state index in [0.717, 1.165) is 86.9 Å². The lowest BCUT2D eigenvalue weighted by atomic mass is 9.94. The SMILES string of the molecule is CC=Cc1c(Cl)cc2c(cnn2C2CCCCO2)c1-c1ccc2c(N3CCCCC3)nc(OCC3(CN(C)C)CC3)nc2c1F. The van der Waals surface area contributed by atoms with E-state index >= 15 is 4.39 Å². The van der Waals surface area contributed by atoms with Gasteiger partial charge in [-0.25, -0.2) is 9.07 Å². The number of rotatable bonds is 9. The maximum Gasteiger partial charge on any atom is 0.319 e. The molecule has 1 atom stereocenters. The zero-order valence-electron chi connectivity index (χ0n) is 26.5. The van der Waals surface area contributed by atoms with Crippen LogP contribution in [0.3, 0.4) is 0 Å². The van der Waals surface area contributed by atoms with Gasteiger partial charge >= 0.3 is 6.01 Å². The lowest BCUT2D eigenvalue weighted by molar-refractivity contribution is -0.0366. The third kappa shape index (κ3) is 5.90. The number of fused-ring (bicyclic) bond motifs is 2. The van der Waals surface area contributed by atoms with Crippen LogP contribution in [0.1, 0.15) is 70.1 Å². The van der Waals surface area contributed by atoms with Crippen molar-refractivity contribution < 1.29 is 13.9 Å². The molecule has 0 amide bonds. The standard InChI is InChI=1S/C35H42ClFN6O2/c1-4-10-23-27(36)19-28-26(20-38-43(28)29-11-6-9-18-44-29)30(23)24-12-13-25-32(31(24)37)39-34(40-33(25)42-16-7-5-8-17-42)45-22-35(14-15-35)21-41(2)3/h4,10,12-13,19-20,29H,5-9,11,14-18,21-22H2,1-3H3. The molecule has 7 rings (SSSR count). The van der Waals surface area contributed by atoms with Crippen LogP contribution in [-0.4, -0.2) is 71.6 Å². The molecule has 2 aliphatic heterocycles. The number of hydrogen-bond acceptors (Lipinski definition) is 7. The Hall–Kier alpha value is -3.27. The molecule has 45 heavy (non-hydrogen) atoms. The van der Waals surface area contributed by atoms with E-state index in [1.165, 1.54) is 6.42 Å². The van der Waals surface area contributed by atoms with E-state index in [-0.39, 0.29) is 23.2 Å². The largest absolute Gasteiger partial charge is 0.463 e. The molecule has 3 fully saturated rings. The van der Waals surface area contributed by atoms with Gasteiger partial charge in [-0.2, -0.15) is 15.1 Å². The van der Waals surface area contributed by atoms with Gasteiger partial charge in [-0.15, -0.1) is 0 Å². The summed E-state index contributed by atoms with van der Waals surface area (Å²) in [6.07, 6.45) is 14.0. The Labute approximate surface area is 269 Å². The minimum atomic E-state index is -0.413. The first kappa shape index (κ1) is 30.4. The fourth-order valence-corrected chi connectivity index (χ4v) is 7.34. The van der Waals surface area contributed by atoms with Crippen molar-refractivity contribution in [2.75, 3.05) is 51.8 Å². The highest BCUT2D eigenvalue weighted by Crippen LogP contribution is 2.47. The highest BCUT2D eigenvalue weighted by molar-refractivity contribution is 6.34. The Morgan fingerprint density at radius 3 is 2.64 bits per heavy atom. The molecule has 10 heteroatoms. The highest BCUT2D eigenvalue weighted by atomic mass is 35.5. The van der Waals surface area contributed by atoms with Gasteiger partial charge < -0.3 is 19.3 Å². The van der Waals surface area contributed by atoms with Crippen molar-refractivity contribution in [2.24, 2.45) is 5.41 Å². The zero-order chi connectivity index (χ0) is 31.1. The summed E-state index contributed by atoms with van der Waals surface area (Å²) in [7, 11) is 4.16. The van der Waals surface area contributed by atoms with Gasteiger partial charge in [0.15, 0.2) is 12.0 Å². The second-order valence-electron chi connectivity index (χ2n) is 13.2. The van der Waals surface area contributed by atoms with Crippen molar-refractivity contribution in [2.45, 2.75) is 64.5 Å². The minimum Gasteiger partial charge on any atom is -0.463 e. The third-order valence-electron chi connectivity index (χ3n) is 9.46. The van der Waals surface area contributed by atoms with Crippen molar-refractivity contribution >= 4 is 45.3 Å². The summed E-state index contributed by atoms with van der Waals surface area (Å²) in [5.41, 5.74) is 3.05. The lowest BCUT2D eigenvalue weighted by Gasteiger charge is -2.29. The predicted octanol–water partition coefficient (Wildman–Crippen LogP) is 7.88. The van der Waals surface area contributed by atoms with E-state index in [4.69, 9.17) is 36.1 Å². The molecule has 1 unspecified atom stereocenters. The van der Waals surface area contributed by atoms with E-state index in [2.05, 4.69) is 23.9 Å². The van der Waals surface area contributed by atoms with Gasteiger partial charge in [0.25, 0.3) is 0 Å². The molecule has 4 aromatic rings. The summed E-state index contributed by atoms with van der Waals surface area (Å²) in [5, 5.41) is 6.78. The number of anilines is 1. The summed E-state index contributed by atoms with van der Waals surface area (Å²) < 4.78 is 31.3. The van der Waals surface area contributed by atoms with Crippen molar-refractivity contribution in [1.29, 1.82) is 0 Å². The number of nitrogens with zero attached hydrogens (tertiary/aromatic N) is 6. The molecule has 0 bridgehead atoms. The molecule has 8 nitrogen and oxygen atoms in total. The maximum atomic E-state index is 17.1. The van der Waals surface area contributed by atoms with Crippen LogP contribution in [0, 0.1) is 11.2 Å². The quantitative estimate of drug-likeness (QED) is 0.186. The molecule has 238 valence electrons. The van der Waals surface area contributed by atoms with E-state index in [1.807, 2.05) is 48.2 Å². The molecule has 2 saturated heterocycles. The molecular weight excluding hydrogens is 591 g/mol. The molecule has 0 spiro atoms. The maximum absolute atomic E-state index is 17.1. The summed E-state index contributed by atoms with van der Waals surface area (Å²) in [4.78, 5) is 14.1. The fraction of sp³-hybridized carbons (Fsp3) is 0.514. The van der Waals surface area contributed by atoms with Crippen LogP contribution in [0.25, 0.3) is 39.0 Å². The first-order valence-corrected chi connectivity index (χ1v) is 16.7. The van der Waals surface area contributed by atoms with Crippen LogP contribution in [-0.2, 0) is 4.74 Å². The van der Waals surface area contributed by atoms with E-state index in [9.17, 15) is 0 Å². The fourth-order valence-electron chi connectivity index (χ4n) is 7.08. The number of ether oxygens (including phenoxy) is 2. The van der Waals surface area contributed by atoms with E-state index < -0.39 is 5.82 Å². The summed E-state index contributed by atoms with van der Waals surface area (Å²) >= 11 is 6.94. The zero-order valence-corrected chi connectivity index (χ0v) is 27.2. The Morgan fingerprint density at radius 1 is 1.11 bits per heavy atom. The highest BCUT2D eigenvalue weighted by Gasteiger charge is 2.44. The number of piperidine rings is 1. The predicted molar refractivity (Wildman–Crippen MR) is 179 cm³/mol. The number of halogens is 2. The molecular formula is C35H42ClFN6O2. The molecule has 2 aromatic heterocycles. The Balaban J connectivity index is 1.38. The number of aromatic nitrogens is 4. The van der Waals surface area contributed by atoms with Crippen LogP contribution < -0.4 is 9.64 Å². The van der Waals surface area contributed by atoms with Crippen LogP contribution in [0.15, 0.2) is 30.5 Å². The Morgan fingerprint density at radius 2 is 1.93 bits per heavy atom. The smallest absolute Gasteiger partial charge is 0.319 e. The van der Waals surface area contributed by atoms with Gasteiger partial charge in [0.2, 0.25) is 0 Å². The topological polar surface area (TPSA) is 68.5 Å². The Kier molecular flexibility index (Phi) is 8.44. The first-order valence-electron chi connectivity index (χ1n) is 16.3. The van der Waals surface area contributed by atoms with E-state index in [0.29, 0.717) is 34.7 Å². The monoisotopic (exact) mass is 632 g/mol. The van der Waals surface area contributed by atoms with Crippen molar-refractivity contribution in [3.8, 4) is 17.1 Å². The molecule has 0 N–H and O–H groups in total. The summed E-state index contributed by atoms with van der Waals surface area (Å²) in [6.45, 7) is 5.84. The van der Waals surface area contributed by atoms with Crippen LogP contribution >= 0.6 is 11.6 Å². The van der Waals surface area contributed by atoms with Crippen molar-refractivity contribution in [3.05, 3.63) is 46.9 Å². The number of benzene rings is 2. The average Bonchev–Trinajstić information content (AvgIpc) is 3.68. The minimum absolute atomic E-state index is 0.101. The van der Waals surface area contributed by atoms with Crippen molar-refractivity contribution in [1.82, 2.24) is 24.6 Å². The van der Waals surface area contributed by atoms with Crippen LogP contribution in [0.4, 0.5) is 10.2 Å². The molecule has 1 aliphatic carbocycles. The van der Waals surface area contributed by atoms with E-state index in [1.54, 1.807) is 0 Å². The second-order valence-corrected chi connectivity index (χ2v) is 13.6. The number of allylic oxidation sites excluding steroid dienone is 1. The number of hydrogen-bond donors (Lipinski definition) is 0. The third-order valence-corrected chi connectivity index (χ3v) is 9.78. The van der Waals surface area contributed by atoms with Crippen molar-refractivity contribution in [3.63, 3.8) is 0 Å². The molecule has 3 aliphatic rings.